The molecule has 0 bridgehead atoms. The molecule has 1 N–H and O–H groups in total. The Morgan fingerprint density at radius 1 is 1.35 bits per heavy atom. The fourth-order valence-electron chi connectivity index (χ4n) is 1.14. The summed E-state index contributed by atoms with van der Waals surface area (Å²) in [7, 11) is -4.58. The molecule has 1 aromatic rings. The molecule has 9 heteroatoms. The number of ether oxygens (including phenoxy) is 1. The Kier molecular flexibility index (Phi) is 4.15. The molecule has 0 radical (unpaired) electrons. The fraction of sp³-hybridized carbons (Fsp3) is 0.364. The van der Waals surface area contributed by atoms with Crippen molar-refractivity contribution in [2.24, 2.45) is 5.41 Å². The Balaban J connectivity index is 3.29. The average molecular weight is 303 g/mol. The van der Waals surface area contributed by atoms with Crippen LogP contribution < -0.4 is 4.74 Å². The van der Waals surface area contributed by atoms with Gasteiger partial charge < -0.3 is 4.74 Å². The van der Waals surface area contributed by atoms with E-state index in [2.05, 4.69) is 0 Å². The van der Waals surface area contributed by atoms with Gasteiger partial charge in [-0.3, -0.25) is 19.5 Å². The molecule has 0 fully saturated rings. The molecule has 0 spiro atoms. The number of benzene rings is 1. The largest absolute Gasteiger partial charge is 0.419 e. The molecule has 0 aliphatic heterocycles. The smallest absolute Gasteiger partial charge is 0.316 e. The highest BCUT2D eigenvalue weighted by molar-refractivity contribution is 7.85. The first-order chi connectivity index (χ1) is 8.93. The summed E-state index contributed by atoms with van der Waals surface area (Å²) >= 11 is 0. The molecule has 0 aliphatic rings. The maximum Gasteiger partial charge on any atom is 0.316 e. The van der Waals surface area contributed by atoms with Crippen LogP contribution in [0, 0.1) is 15.5 Å². The lowest BCUT2D eigenvalue weighted by molar-refractivity contribution is -0.385. The third kappa shape index (κ3) is 3.75. The molecule has 0 aromatic heterocycles. The number of nitro benzene ring substituents is 1. The van der Waals surface area contributed by atoms with Gasteiger partial charge in [0, 0.05) is 6.07 Å². The normalized spacial score (nSPS) is 12.0. The quantitative estimate of drug-likeness (QED) is 0.297. The highest BCUT2D eigenvalue weighted by Crippen LogP contribution is 2.31. The van der Waals surface area contributed by atoms with Crippen molar-refractivity contribution in [2.45, 2.75) is 25.7 Å². The van der Waals surface area contributed by atoms with E-state index in [0.717, 1.165) is 12.1 Å². The number of esters is 1. The fourth-order valence-corrected chi connectivity index (χ4v) is 1.64. The van der Waals surface area contributed by atoms with Crippen molar-refractivity contribution in [1.82, 2.24) is 0 Å². The summed E-state index contributed by atoms with van der Waals surface area (Å²) in [6.07, 6.45) is 0. The zero-order valence-corrected chi connectivity index (χ0v) is 11.8. The lowest BCUT2D eigenvalue weighted by atomic mass is 9.97. The van der Waals surface area contributed by atoms with Crippen LogP contribution in [0.25, 0.3) is 0 Å². The number of carbonyl (C=O) groups is 1. The van der Waals surface area contributed by atoms with Crippen molar-refractivity contribution < 1.29 is 27.4 Å². The van der Waals surface area contributed by atoms with E-state index in [0.29, 0.717) is 6.07 Å². The van der Waals surface area contributed by atoms with Crippen LogP contribution in [-0.4, -0.2) is 23.9 Å². The zero-order chi connectivity index (χ0) is 15.7. The van der Waals surface area contributed by atoms with Gasteiger partial charge in [0.15, 0.2) is 0 Å². The van der Waals surface area contributed by atoms with Gasteiger partial charge in [-0.05, 0) is 32.9 Å². The molecule has 20 heavy (non-hydrogen) atoms. The third-order valence-corrected chi connectivity index (χ3v) is 3.09. The third-order valence-electron chi connectivity index (χ3n) is 2.24. The second-order valence-electron chi connectivity index (χ2n) is 5.00. The Labute approximate surface area is 115 Å². The van der Waals surface area contributed by atoms with E-state index in [-0.39, 0.29) is 5.75 Å². The van der Waals surface area contributed by atoms with Gasteiger partial charge in [0.1, 0.15) is 4.90 Å². The highest BCUT2D eigenvalue weighted by atomic mass is 32.2. The molecule has 0 amide bonds. The van der Waals surface area contributed by atoms with E-state index >= 15 is 0 Å². The summed E-state index contributed by atoms with van der Waals surface area (Å²) in [6.45, 7) is 4.69. The SMILES string of the molecule is CC(C)(C)C(=O)Oc1ccc(S(=O)(=O)O)cc1[N+](=O)[O-]. The maximum absolute atomic E-state index is 11.7. The van der Waals surface area contributed by atoms with Crippen molar-refractivity contribution in [1.29, 1.82) is 0 Å². The van der Waals surface area contributed by atoms with Gasteiger partial charge in [-0.25, -0.2) is 0 Å². The number of hydrogen-bond donors (Lipinski definition) is 1. The molecule has 0 saturated heterocycles. The Morgan fingerprint density at radius 2 is 1.90 bits per heavy atom. The van der Waals surface area contributed by atoms with Gasteiger partial charge in [-0.2, -0.15) is 8.42 Å². The van der Waals surface area contributed by atoms with Gasteiger partial charge >= 0.3 is 11.7 Å². The molecule has 110 valence electrons. The summed E-state index contributed by atoms with van der Waals surface area (Å²) in [5.74, 6) is -1.09. The molecule has 0 saturated carbocycles. The van der Waals surface area contributed by atoms with E-state index in [1.54, 1.807) is 20.8 Å². The Bertz CT molecular complexity index is 658. The number of nitro groups is 1. The number of hydrogen-bond acceptors (Lipinski definition) is 6. The zero-order valence-electron chi connectivity index (χ0n) is 11.0. The average Bonchev–Trinajstić information content (AvgIpc) is 2.26. The van der Waals surface area contributed by atoms with Crippen LogP contribution in [0.3, 0.4) is 0 Å². The number of nitrogens with zero attached hydrogens (tertiary/aromatic N) is 1. The summed E-state index contributed by atoms with van der Waals surface area (Å²) < 4.78 is 35.6. The van der Waals surface area contributed by atoms with E-state index in [9.17, 15) is 23.3 Å². The molecule has 0 heterocycles. The van der Waals surface area contributed by atoms with Gasteiger partial charge in [0.25, 0.3) is 10.1 Å². The predicted octanol–water partition coefficient (Wildman–Crippen LogP) is 1.79. The molecule has 0 unspecified atom stereocenters. The first-order valence-electron chi connectivity index (χ1n) is 5.41. The van der Waals surface area contributed by atoms with E-state index in [4.69, 9.17) is 9.29 Å². The van der Waals surface area contributed by atoms with Crippen molar-refractivity contribution in [3.05, 3.63) is 28.3 Å². The summed E-state index contributed by atoms with van der Waals surface area (Å²) in [5.41, 5.74) is -1.60. The second-order valence-corrected chi connectivity index (χ2v) is 6.42. The van der Waals surface area contributed by atoms with Crippen molar-refractivity contribution in [3.63, 3.8) is 0 Å². The summed E-state index contributed by atoms with van der Waals surface area (Å²) in [4.78, 5) is 21.0. The molecule has 1 rings (SSSR count). The van der Waals surface area contributed by atoms with Crippen molar-refractivity contribution in [3.8, 4) is 5.75 Å². The van der Waals surface area contributed by atoms with Gasteiger partial charge in [0.2, 0.25) is 5.75 Å². The van der Waals surface area contributed by atoms with Crippen LogP contribution in [0.2, 0.25) is 0 Å². The van der Waals surface area contributed by atoms with Crippen molar-refractivity contribution >= 4 is 21.8 Å². The summed E-state index contributed by atoms with van der Waals surface area (Å²) in [5, 5.41) is 10.9. The minimum absolute atomic E-state index is 0.387. The Hall–Kier alpha value is -2.00. The van der Waals surface area contributed by atoms with Crippen LogP contribution in [-0.2, 0) is 14.9 Å². The van der Waals surface area contributed by atoms with Gasteiger partial charge in [0.05, 0.1) is 10.3 Å². The van der Waals surface area contributed by atoms with Crippen LogP contribution in [0.5, 0.6) is 5.75 Å². The van der Waals surface area contributed by atoms with Crippen LogP contribution in [0.4, 0.5) is 5.69 Å². The Morgan fingerprint density at radius 3 is 2.30 bits per heavy atom. The van der Waals surface area contributed by atoms with E-state index in [1.165, 1.54) is 0 Å². The predicted molar refractivity (Wildman–Crippen MR) is 68.0 cm³/mol. The first kappa shape index (κ1) is 16.1. The molecule has 0 atom stereocenters. The van der Waals surface area contributed by atoms with E-state index in [1.807, 2.05) is 0 Å². The van der Waals surface area contributed by atoms with Gasteiger partial charge in [-0.1, -0.05) is 0 Å². The van der Waals surface area contributed by atoms with Crippen LogP contribution in [0.1, 0.15) is 20.8 Å². The summed E-state index contributed by atoms with van der Waals surface area (Å²) in [6, 6.07) is 2.49. The monoisotopic (exact) mass is 303 g/mol. The molecular formula is C11H13NO7S. The highest BCUT2D eigenvalue weighted by Gasteiger charge is 2.28. The topological polar surface area (TPSA) is 124 Å². The minimum Gasteiger partial charge on any atom is -0.419 e. The van der Waals surface area contributed by atoms with E-state index < -0.39 is 37.0 Å². The van der Waals surface area contributed by atoms with Crippen molar-refractivity contribution in [2.75, 3.05) is 0 Å². The lowest BCUT2D eigenvalue weighted by Crippen LogP contribution is -2.25. The van der Waals surface area contributed by atoms with Gasteiger partial charge in [-0.15, -0.1) is 0 Å². The maximum atomic E-state index is 11.7. The first-order valence-corrected chi connectivity index (χ1v) is 6.85. The molecule has 8 nitrogen and oxygen atoms in total. The molecule has 1 aromatic carbocycles. The van der Waals surface area contributed by atoms with Crippen LogP contribution in [0.15, 0.2) is 23.1 Å². The molecular weight excluding hydrogens is 290 g/mol. The number of rotatable bonds is 3. The lowest BCUT2D eigenvalue weighted by Gasteiger charge is -2.16. The minimum atomic E-state index is -4.58. The second kappa shape index (κ2) is 5.17. The molecule has 0 aliphatic carbocycles. The van der Waals surface area contributed by atoms with Crippen LogP contribution >= 0.6 is 0 Å². The standard InChI is InChI=1S/C11H13NO7S/c1-11(2,3)10(13)19-9-5-4-7(20(16,17)18)6-8(9)12(14)15/h4-6H,1-3H3,(H,16,17,18). The number of carbonyl (C=O) groups excluding carboxylic acids is 1.